The van der Waals surface area contributed by atoms with Crippen LogP contribution < -0.4 is 4.74 Å². The Morgan fingerprint density at radius 2 is 1.87 bits per heavy atom. The molecule has 0 atom stereocenters. The van der Waals surface area contributed by atoms with Crippen LogP contribution in [0, 0.1) is 5.82 Å². The smallest absolute Gasteiger partial charge is 0.352 e. The second-order valence-electron chi connectivity index (χ2n) is 12.0. The lowest BCUT2D eigenvalue weighted by molar-refractivity contribution is 0.0684. The Kier molecular flexibility index (Phi) is 9.63. The third kappa shape index (κ3) is 6.11. The topological polar surface area (TPSA) is 92.8 Å². The number of aromatic nitrogens is 3. The van der Waals surface area contributed by atoms with Gasteiger partial charge in [0.1, 0.15) is 17.3 Å². The number of aliphatic hydroxyl groups is 1. The summed E-state index contributed by atoms with van der Waals surface area (Å²) in [5, 5.41) is 28.2. The third-order valence-electron chi connectivity index (χ3n) is 9.05. The fraction of sp³-hybridized carbons (Fsp3) is 0.389. The van der Waals surface area contributed by atoms with Gasteiger partial charge in [-0.15, -0.1) is 0 Å². The van der Waals surface area contributed by atoms with Crippen LogP contribution in [-0.4, -0.2) is 61.7 Å². The van der Waals surface area contributed by atoms with Crippen LogP contribution >= 0.6 is 11.6 Å². The number of aryl methyl sites for hydroxylation is 3. The number of nitrogens with zero attached hydrogens (tertiary/aromatic N) is 4. The van der Waals surface area contributed by atoms with Crippen molar-refractivity contribution >= 4 is 39.2 Å². The molecule has 3 aromatic carbocycles. The molecule has 46 heavy (non-hydrogen) atoms. The number of hydrogen-bond donors (Lipinski definition) is 2. The number of rotatable bonds is 10. The number of hydrogen-bond acceptors (Lipinski definition) is 5. The second-order valence-corrected chi connectivity index (χ2v) is 12.4. The van der Waals surface area contributed by atoms with Crippen molar-refractivity contribution in [2.75, 3.05) is 26.3 Å². The van der Waals surface area contributed by atoms with Crippen LogP contribution in [0.3, 0.4) is 0 Å². The molecule has 242 valence electrons. The molecule has 0 aliphatic carbocycles. The predicted molar refractivity (Wildman–Crippen MR) is 179 cm³/mol. The van der Waals surface area contributed by atoms with Crippen molar-refractivity contribution in [1.82, 2.24) is 19.2 Å². The summed E-state index contributed by atoms with van der Waals surface area (Å²) in [5.74, 6) is -0.589. The van der Waals surface area contributed by atoms with Crippen LogP contribution in [-0.2, 0) is 33.0 Å². The van der Waals surface area contributed by atoms with Gasteiger partial charge in [0.2, 0.25) is 0 Å². The lowest BCUT2D eigenvalue weighted by Crippen LogP contribution is -2.27. The van der Waals surface area contributed by atoms with E-state index in [1.54, 1.807) is 6.07 Å². The Labute approximate surface area is 272 Å². The summed E-state index contributed by atoms with van der Waals surface area (Å²) in [6, 6.07) is 14.0. The van der Waals surface area contributed by atoms with Gasteiger partial charge in [0.25, 0.3) is 0 Å². The highest BCUT2D eigenvalue weighted by molar-refractivity contribution is 6.35. The molecule has 0 spiro atoms. The zero-order valence-corrected chi connectivity index (χ0v) is 27.1. The van der Waals surface area contributed by atoms with E-state index in [4.69, 9.17) is 21.4 Å². The normalized spacial score (nSPS) is 14.0. The first-order chi connectivity index (χ1) is 22.3. The number of carboxylic acid groups (broad SMARTS) is 1. The van der Waals surface area contributed by atoms with E-state index in [1.165, 1.54) is 12.1 Å². The van der Waals surface area contributed by atoms with E-state index in [0.717, 1.165) is 82.1 Å². The van der Waals surface area contributed by atoms with Crippen molar-refractivity contribution in [3.05, 3.63) is 82.0 Å². The lowest BCUT2D eigenvalue weighted by Gasteiger charge is -2.21. The van der Waals surface area contributed by atoms with Gasteiger partial charge in [-0.1, -0.05) is 36.7 Å². The van der Waals surface area contributed by atoms with Crippen molar-refractivity contribution in [1.29, 1.82) is 0 Å². The average molecular weight is 647 g/mol. The molecule has 0 unspecified atom stereocenters. The first-order valence-corrected chi connectivity index (χ1v) is 16.5. The molecule has 1 aliphatic rings. The fourth-order valence-electron chi connectivity index (χ4n) is 7.04. The summed E-state index contributed by atoms with van der Waals surface area (Å²) in [7, 11) is 1.95. The van der Waals surface area contributed by atoms with E-state index in [0.29, 0.717) is 55.4 Å². The van der Waals surface area contributed by atoms with Crippen molar-refractivity contribution in [2.24, 2.45) is 7.05 Å². The summed E-state index contributed by atoms with van der Waals surface area (Å²) < 4.78 is 23.8. The average Bonchev–Trinajstić information content (AvgIpc) is 3.51. The maximum Gasteiger partial charge on any atom is 0.352 e. The summed E-state index contributed by atoms with van der Waals surface area (Å²) in [6.45, 7) is 5.32. The Morgan fingerprint density at radius 3 is 2.65 bits per heavy atom. The second kappa shape index (κ2) is 13.8. The summed E-state index contributed by atoms with van der Waals surface area (Å²) >= 11 is 7.06. The molecular weight excluding hydrogens is 607 g/mol. The van der Waals surface area contributed by atoms with Crippen molar-refractivity contribution in [3.8, 4) is 16.9 Å². The number of carbonyl (C=O) groups is 1. The summed E-state index contributed by atoms with van der Waals surface area (Å²) in [4.78, 5) is 15.3. The van der Waals surface area contributed by atoms with Gasteiger partial charge in [0, 0.05) is 60.9 Å². The van der Waals surface area contributed by atoms with Crippen LogP contribution in [0.1, 0.15) is 60.0 Å². The molecule has 0 bridgehead atoms. The van der Waals surface area contributed by atoms with E-state index in [1.807, 2.05) is 46.6 Å². The summed E-state index contributed by atoms with van der Waals surface area (Å²) in [5.41, 5.74) is 5.65. The number of benzene rings is 3. The largest absolute Gasteiger partial charge is 0.493 e. The van der Waals surface area contributed by atoms with Crippen LogP contribution in [0.4, 0.5) is 4.39 Å². The molecule has 10 heteroatoms. The third-order valence-corrected chi connectivity index (χ3v) is 9.36. The first-order valence-electron chi connectivity index (χ1n) is 16.1. The maximum absolute atomic E-state index is 13.8. The monoisotopic (exact) mass is 646 g/mol. The van der Waals surface area contributed by atoms with Gasteiger partial charge in [0.15, 0.2) is 0 Å². The molecule has 0 amide bonds. The molecule has 0 saturated carbocycles. The number of aromatic carboxylic acids is 1. The van der Waals surface area contributed by atoms with Crippen molar-refractivity contribution in [2.45, 2.75) is 58.5 Å². The molecule has 0 saturated heterocycles. The van der Waals surface area contributed by atoms with Gasteiger partial charge >= 0.3 is 5.97 Å². The van der Waals surface area contributed by atoms with Gasteiger partial charge < -0.3 is 19.5 Å². The number of halogens is 2. The zero-order valence-electron chi connectivity index (χ0n) is 26.4. The van der Waals surface area contributed by atoms with E-state index < -0.39 is 5.97 Å². The zero-order chi connectivity index (χ0) is 32.4. The van der Waals surface area contributed by atoms with E-state index in [2.05, 4.69) is 11.8 Å². The minimum absolute atomic E-state index is 0.125. The first kappa shape index (κ1) is 32.0. The van der Waals surface area contributed by atoms with Crippen LogP contribution in [0.2, 0.25) is 5.02 Å². The van der Waals surface area contributed by atoms with E-state index in [9.17, 15) is 19.4 Å². The van der Waals surface area contributed by atoms with Gasteiger partial charge in [-0.25, -0.2) is 9.18 Å². The Bertz CT molecular complexity index is 1900. The van der Waals surface area contributed by atoms with Crippen molar-refractivity contribution < 1.29 is 24.1 Å². The molecule has 6 rings (SSSR count). The minimum atomic E-state index is -0.966. The highest BCUT2D eigenvalue weighted by Gasteiger charge is 2.29. The van der Waals surface area contributed by atoms with Crippen LogP contribution in [0.15, 0.2) is 48.5 Å². The highest BCUT2D eigenvalue weighted by Crippen LogP contribution is 2.43. The molecule has 1 aliphatic heterocycles. The molecule has 0 radical (unpaired) electrons. The molecule has 0 fully saturated rings. The SMILES string of the molecule is CCc1c2c(nn1C)CN(CCCO)CCCCn1c(C(=O)O)c(CCCOc3cccc4cc(F)ccc34)c3ccc(Cl)c-2c31. The Hall–Kier alpha value is -3.92. The number of carboxylic acids is 1. The quantitative estimate of drug-likeness (QED) is 0.156. The lowest BCUT2D eigenvalue weighted by atomic mass is 9.97. The van der Waals surface area contributed by atoms with Gasteiger partial charge in [-0.2, -0.15) is 5.10 Å². The van der Waals surface area contributed by atoms with Crippen LogP contribution in [0.5, 0.6) is 5.75 Å². The Balaban J connectivity index is 1.42. The standard InChI is InChI=1S/C36H40ClFN4O4/c1-3-30-33-29(39-40(30)2)22-41(17-8-19-43)16-4-5-18-42-34-27(14-15-28(37)32(33)34)26(35(42)36(44)45)10-7-20-46-31-11-6-9-23-21-24(38)12-13-25(23)31/h6,9,11-15,21,43H,3-5,7-8,10,16-20,22H2,1-2H3,(H,44,45). The molecule has 8 nitrogen and oxygen atoms in total. The molecule has 3 heterocycles. The fourth-order valence-corrected chi connectivity index (χ4v) is 7.29. The molecule has 2 N–H and O–H groups in total. The van der Waals surface area contributed by atoms with Gasteiger partial charge in [-0.3, -0.25) is 9.58 Å². The maximum atomic E-state index is 13.8. The van der Waals surface area contributed by atoms with E-state index >= 15 is 0 Å². The van der Waals surface area contributed by atoms with E-state index in [-0.39, 0.29) is 12.4 Å². The number of fused-ring (bicyclic) bond motifs is 3. The number of ether oxygens (including phenoxy) is 1. The molecular formula is C36H40ClFN4O4. The molecule has 5 aromatic rings. The predicted octanol–water partition coefficient (Wildman–Crippen LogP) is 7.24. The van der Waals surface area contributed by atoms with Gasteiger partial charge in [-0.05, 0) is 86.4 Å². The van der Waals surface area contributed by atoms with Crippen LogP contribution in [0.25, 0.3) is 32.8 Å². The van der Waals surface area contributed by atoms with Crippen molar-refractivity contribution in [3.63, 3.8) is 0 Å². The highest BCUT2D eigenvalue weighted by atomic mass is 35.5. The molecule has 2 aromatic heterocycles. The summed E-state index contributed by atoms with van der Waals surface area (Å²) in [6.07, 6.45) is 4.17. The Morgan fingerprint density at radius 1 is 1.07 bits per heavy atom. The number of aliphatic hydroxyl groups excluding tert-OH is 1. The minimum Gasteiger partial charge on any atom is -0.493 e. The van der Waals surface area contributed by atoms with Gasteiger partial charge in [0.05, 0.1) is 22.8 Å².